The molecule has 1 aliphatic heterocycles. The zero-order valence-corrected chi connectivity index (χ0v) is 14.0. The van der Waals surface area contributed by atoms with Crippen LogP contribution in [0.2, 0.25) is 0 Å². The number of piperazine rings is 1. The predicted molar refractivity (Wildman–Crippen MR) is 96.4 cm³/mol. The highest BCUT2D eigenvalue weighted by Gasteiger charge is 2.22. The molecule has 1 saturated heterocycles. The Labute approximate surface area is 150 Å². The molecule has 1 fully saturated rings. The molecule has 26 heavy (non-hydrogen) atoms. The molecule has 0 amide bonds. The predicted octanol–water partition coefficient (Wildman–Crippen LogP) is 1.53. The van der Waals surface area contributed by atoms with Gasteiger partial charge in [0, 0.05) is 62.7 Å². The molecule has 8 nitrogen and oxygen atoms in total. The summed E-state index contributed by atoms with van der Waals surface area (Å²) >= 11 is 0. The highest BCUT2D eigenvalue weighted by molar-refractivity contribution is 5.59. The number of pyridine rings is 1. The number of hydrogen-bond acceptors (Lipinski definition) is 8. The van der Waals surface area contributed by atoms with Gasteiger partial charge in [-0.25, -0.2) is 19.9 Å². The van der Waals surface area contributed by atoms with Crippen molar-refractivity contribution in [2.45, 2.75) is 0 Å². The summed E-state index contributed by atoms with van der Waals surface area (Å²) < 4.78 is 0. The van der Waals surface area contributed by atoms with Crippen LogP contribution in [0.1, 0.15) is 5.69 Å². The number of anilines is 2. The number of hydrogen-bond donors (Lipinski definition) is 0. The van der Waals surface area contributed by atoms with Gasteiger partial charge in [0.1, 0.15) is 6.07 Å². The minimum atomic E-state index is 0.358. The number of nitriles is 1. The van der Waals surface area contributed by atoms with Gasteiger partial charge in [0.2, 0.25) is 5.95 Å². The Kier molecular flexibility index (Phi) is 4.35. The molecule has 0 saturated carbocycles. The lowest BCUT2D eigenvalue weighted by Gasteiger charge is -2.35. The molecule has 4 heterocycles. The smallest absolute Gasteiger partial charge is 0.225 e. The van der Waals surface area contributed by atoms with Crippen LogP contribution in [0, 0.1) is 11.3 Å². The SMILES string of the molecule is N#Cc1nccnc1N1CCN(c2nccc(-c3ccncc3)n2)CC1. The van der Waals surface area contributed by atoms with Crippen LogP contribution in [0.4, 0.5) is 11.8 Å². The van der Waals surface area contributed by atoms with Gasteiger partial charge in [-0.2, -0.15) is 5.26 Å². The quantitative estimate of drug-likeness (QED) is 0.706. The van der Waals surface area contributed by atoms with E-state index in [0.717, 1.165) is 37.4 Å². The van der Waals surface area contributed by atoms with Crippen LogP contribution in [-0.4, -0.2) is 51.1 Å². The third-order valence-electron chi connectivity index (χ3n) is 4.27. The first-order valence-corrected chi connectivity index (χ1v) is 8.29. The summed E-state index contributed by atoms with van der Waals surface area (Å²) in [5.41, 5.74) is 2.25. The van der Waals surface area contributed by atoms with Crippen LogP contribution >= 0.6 is 0 Å². The molecule has 0 unspecified atom stereocenters. The van der Waals surface area contributed by atoms with E-state index in [2.05, 4.69) is 40.8 Å². The summed E-state index contributed by atoms with van der Waals surface area (Å²) in [4.78, 5) is 25.8. The lowest BCUT2D eigenvalue weighted by Crippen LogP contribution is -2.47. The normalized spacial score (nSPS) is 14.1. The second-order valence-corrected chi connectivity index (χ2v) is 5.79. The average molecular weight is 344 g/mol. The largest absolute Gasteiger partial charge is 0.351 e. The second kappa shape index (κ2) is 7.11. The lowest BCUT2D eigenvalue weighted by atomic mass is 10.2. The molecule has 0 spiro atoms. The molecule has 1 aliphatic rings. The van der Waals surface area contributed by atoms with E-state index >= 15 is 0 Å². The van der Waals surface area contributed by atoms with Gasteiger partial charge in [0.25, 0.3) is 0 Å². The van der Waals surface area contributed by atoms with Crippen molar-refractivity contribution in [1.29, 1.82) is 5.26 Å². The van der Waals surface area contributed by atoms with E-state index in [1.807, 2.05) is 18.2 Å². The van der Waals surface area contributed by atoms with Crippen molar-refractivity contribution in [3.05, 3.63) is 54.9 Å². The average Bonchev–Trinajstić information content (AvgIpc) is 2.74. The third kappa shape index (κ3) is 3.15. The molecule has 0 N–H and O–H groups in total. The van der Waals surface area contributed by atoms with Gasteiger partial charge in [-0.3, -0.25) is 4.98 Å². The first-order valence-electron chi connectivity index (χ1n) is 8.29. The highest BCUT2D eigenvalue weighted by Crippen LogP contribution is 2.21. The summed E-state index contributed by atoms with van der Waals surface area (Å²) in [5.74, 6) is 1.35. The van der Waals surface area contributed by atoms with Gasteiger partial charge in [0.15, 0.2) is 11.5 Å². The van der Waals surface area contributed by atoms with Crippen LogP contribution in [-0.2, 0) is 0 Å². The van der Waals surface area contributed by atoms with E-state index in [0.29, 0.717) is 17.5 Å². The molecule has 0 atom stereocenters. The van der Waals surface area contributed by atoms with Crippen molar-refractivity contribution in [1.82, 2.24) is 24.9 Å². The zero-order chi connectivity index (χ0) is 17.8. The molecule has 4 rings (SSSR count). The Hall–Kier alpha value is -3.60. The molecule has 0 bridgehead atoms. The molecule has 0 aliphatic carbocycles. The minimum Gasteiger partial charge on any atom is -0.351 e. The summed E-state index contributed by atoms with van der Waals surface area (Å²) in [5, 5.41) is 9.20. The summed E-state index contributed by atoms with van der Waals surface area (Å²) in [6.45, 7) is 2.97. The Morgan fingerprint density at radius 2 is 1.54 bits per heavy atom. The highest BCUT2D eigenvalue weighted by atomic mass is 15.3. The van der Waals surface area contributed by atoms with Crippen molar-refractivity contribution in [2.24, 2.45) is 0 Å². The lowest BCUT2D eigenvalue weighted by molar-refractivity contribution is 0.633. The standard InChI is InChI=1S/C18H16N8/c19-13-16-17(22-8-7-21-16)25-9-11-26(12-10-25)18-23-6-3-15(24-18)14-1-4-20-5-2-14/h1-8H,9-12H2. The Bertz CT molecular complexity index is 929. The van der Waals surface area contributed by atoms with E-state index < -0.39 is 0 Å². The fourth-order valence-electron chi connectivity index (χ4n) is 2.94. The monoisotopic (exact) mass is 344 g/mol. The van der Waals surface area contributed by atoms with Crippen LogP contribution < -0.4 is 9.80 Å². The maximum absolute atomic E-state index is 9.20. The van der Waals surface area contributed by atoms with Gasteiger partial charge < -0.3 is 9.80 Å². The fraction of sp³-hybridized carbons (Fsp3) is 0.222. The molecular weight excluding hydrogens is 328 g/mol. The number of rotatable bonds is 3. The van der Waals surface area contributed by atoms with Gasteiger partial charge >= 0.3 is 0 Å². The van der Waals surface area contributed by atoms with Crippen molar-refractivity contribution in [3.8, 4) is 17.3 Å². The number of nitrogens with zero attached hydrogens (tertiary/aromatic N) is 8. The van der Waals surface area contributed by atoms with E-state index in [4.69, 9.17) is 0 Å². The van der Waals surface area contributed by atoms with Gasteiger partial charge in [0.05, 0.1) is 5.69 Å². The topological polar surface area (TPSA) is 94.7 Å². The van der Waals surface area contributed by atoms with Crippen molar-refractivity contribution >= 4 is 11.8 Å². The van der Waals surface area contributed by atoms with E-state index in [1.54, 1.807) is 24.8 Å². The first kappa shape index (κ1) is 15.9. The van der Waals surface area contributed by atoms with Crippen LogP contribution in [0.15, 0.2) is 49.2 Å². The van der Waals surface area contributed by atoms with Gasteiger partial charge in [-0.05, 0) is 18.2 Å². The molecule has 3 aromatic rings. The van der Waals surface area contributed by atoms with Crippen LogP contribution in [0.25, 0.3) is 11.3 Å². The van der Waals surface area contributed by atoms with Gasteiger partial charge in [-0.15, -0.1) is 0 Å². The van der Waals surface area contributed by atoms with E-state index in [1.165, 1.54) is 6.20 Å². The molecule has 0 radical (unpaired) electrons. The molecule has 128 valence electrons. The Balaban J connectivity index is 1.50. The molecule has 3 aromatic heterocycles. The van der Waals surface area contributed by atoms with E-state index in [-0.39, 0.29) is 0 Å². The maximum Gasteiger partial charge on any atom is 0.225 e. The van der Waals surface area contributed by atoms with Crippen LogP contribution in [0.5, 0.6) is 0 Å². The summed E-state index contributed by atoms with van der Waals surface area (Å²) in [6, 6.07) is 7.86. The zero-order valence-electron chi connectivity index (χ0n) is 14.0. The molecule has 0 aromatic carbocycles. The number of aromatic nitrogens is 5. The Morgan fingerprint density at radius 1 is 0.808 bits per heavy atom. The summed E-state index contributed by atoms with van der Waals surface area (Å²) in [6.07, 6.45) is 8.44. The fourth-order valence-corrected chi connectivity index (χ4v) is 2.94. The first-order chi connectivity index (χ1) is 12.8. The molecular formula is C18H16N8. The summed E-state index contributed by atoms with van der Waals surface area (Å²) in [7, 11) is 0. The van der Waals surface area contributed by atoms with E-state index in [9.17, 15) is 5.26 Å². The van der Waals surface area contributed by atoms with Gasteiger partial charge in [-0.1, -0.05) is 0 Å². The maximum atomic E-state index is 9.20. The molecule has 8 heteroatoms. The van der Waals surface area contributed by atoms with Crippen molar-refractivity contribution in [2.75, 3.05) is 36.0 Å². The van der Waals surface area contributed by atoms with Crippen molar-refractivity contribution < 1.29 is 0 Å². The van der Waals surface area contributed by atoms with Crippen molar-refractivity contribution in [3.63, 3.8) is 0 Å². The minimum absolute atomic E-state index is 0.358. The van der Waals surface area contributed by atoms with Crippen LogP contribution in [0.3, 0.4) is 0 Å². The third-order valence-corrected chi connectivity index (χ3v) is 4.27. The Morgan fingerprint density at radius 3 is 2.31 bits per heavy atom. The second-order valence-electron chi connectivity index (χ2n) is 5.79.